The zero-order valence-corrected chi connectivity index (χ0v) is 15.5. The molecule has 2 aromatic rings. The minimum atomic E-state index is 0.115. The van der Waals surface area contributed by atoms with Crippen molar-refractivity contribution in [3.05, 3.63) is 27.2 Å². The quantitative estimate of drug-likeness (QED) is 0.792. The van der Waals surface area contributed by atoms with Crippen LogP contribution >= 0.6 is 0 Å². The lowest BCUT2D eigenvalue weighted by atomic mass is 9.80. The first kappa shape index (κ1) is 16.8. The molecule has 2 N–H and O–H groups in total. The molecule has 5 nitrogen and oxygen atoms in total. The first-order chi connectivity index (χ1) is 12.1. The van der Waals surface area contributed by atoms with Gasteiger partial charge in [0.1, 0.15) is 5.65 Å². The summed E-state index contributed by atoms with van der Waals surface area (Å²) in [6.45, 7) is 6.17. The van der Waals surface area contributed by atoms with Crippen LogP contribution in [0.1, 0.15) is 75.1 Å². The maximum Gasteiger partial charge on any atom is 0.253 e. The van der Waals surface area contributed by atoms with E-state index in [4.69, 9.17) is 5.10 Å². The third-order valence-electron chi connectivity index (χ3n) is 5.85. The molecule has 0 aliphatic heterocycles. The van der Waals surface area contributed by atoms with Gasteiger partial charge in [0.25, 0.3) is 5.56 Å². The first-order valence-corrected chi connectivity index (χ1v) is 10.0. The van der Waals surface area contributed by atoms with Gasteiger partial charge >= 0.3 is 0 Å². The van der Waals surface area contributed by atoms with Gasteiger partial charge in [-0.1, -0.05) is 20.3 Å². The van der Waals surface area contributed by atoms with E-state index in [1.165, 1.54) is 42.3 Å². The first-order valence-electron chi connectivity index (χ1n) is 10.0. The molecule has 0 amide bonds. The van der Waals surface area contributed by atoms with E-state index in [9.17, 15) is 4.79 Å². The molecule has 25 heavy (non-hydrogen) atoms. The number of aromatic nitrogens is 3. The van der Waals surface area contributed by atoms with Crippen LogP contribution < -0.4 is 10.9 Å². The molecule has 4 rings (SSSR count). The Hall–Kier alpha value is -1.62. The topological polar surface area (TPSA) is 62.7 Å². The number of pyridine rings is 1. The summed E-state index contributed by atoms with van der Waals surface area (Å²) in [4.78, 5) is 15.8. The van der Waals surface area contributed by atoms with Gasteiger partial charge in [-0.2, -0.15) is 5.10 Å². The minimum Gasteiger partial charge on any atom is -0.314 e. The lowest BCUT2D eigenvalue weighted by Crippen LogP contribution is -2.25. The third kappa shape index (κ3) is 3.14. The van der Waals surface area contributed by atoms with Gasteiger partial charge in [-0.15, -0.1) is 0 Å². The summed E-state index contributed by atoms with van der Waals surface area (Å²) in [6.07, 6.45) is 9.11. The Bertz CT molecular complexity index is 813. The fourth-order valence-electron chi connectivity index (χ4n) is 4.27. The van der Waals surface area contributed by atoms with E-state index in [2.05, 4.69) is 28.8 Å². The van der Waals surface area contributed by atoms with Crippen LogP contribution in [-0.2, 0) is 19.4 Å². The normalized spacial score (nSPS) is 17.9. The number of hydrogen-bond acceptors (Lipinski definition) is 3. The molecule has 1 saturated carbocycles. The molecule has 0 atom stereocenters. The molecule has 2 heterocycles. The van der Waals surface area contributed by atoms with Crippen molar-refractivity contribution in [2.45, 2.75) is 83.7 Å². The van der Waals surface area contributed by atoms with Crippen molar-refractivity contribution in [3.63, 3.8) is 0 Å². The Labute approximate surface area is 149 Å². The van der Waals surface area contributed by atoms with Crippen LogP contribution in [0.4, 0.5) is 0 Å². The summed E-state index contributed by atoms with van der Waals surface area (Å²) in [7, 11) is 0. The molecule has 0 saturated heterocycles. The van der Waals surface area contributed by atoms with E-state index in [1.54, 1.807) is 0 Å². The van der Waals surface area contributed by atoms with E-state index in [0.717, 1.165) is 50.0 Å². The minimum absolute atomic E-state index is 0.115. The van der Waals surface area contributed by atoms with E-state index in [-0.39, 0.29) is 5.56 Å². The number of rotatable bonds is 6. The molecule has 2 aromatic heterocycles. The highest BCUT2D eigenvalue weighted by Crippen LogP contribution is 2.40. The van der Waals surface area contributed by atoms with Gasteiger partial charge in [-0.25, -0.2) is 4.68 Å². The Morgan fingerprint density at radius 1 is 1.20 bits per heavy atom. The summed E-state index contributed by atoms with van der Waals surface area (Å²) in [5.74, 6) is 0.592. The van der Waals surface area contributed by atoms with Crippen LogP contribution in [0.3, 0.4) is 0 Å². The van der Waals surface area contributed by atoms with Crippen molar-refractivity contribution in [1.82, 2.24) is 20.1 Å². The second-order valence-electron chi connectivity index (χ2n) is 8.04. The second-order valence-corrected chi connectivity index (χ2v) is 8.04. The van der Waals surface area contributed by atoms with Crippen LogP contribution in [0.2, 0.25) is 0 Å². The van der Waals surface area contributed by atoms with Crippen LogP contribution in [0.15, 0.2) is 4.79 Å². The number of nitrogens with one attached hydrogen (secondary N) is 2. The highest BCUT2D eigenvalue weighted by molar-refractivity contribution is 5.84. The molecule has 1 fully saturated rings. The number of fused-ring (bicyclic) bond motifs is 3. The monoisotopic (exact) mass is 342 g/mol. The van der Waals surface area contributed by atoms with Gasteiger partial charge in [0.15, 0.2) is 0 Å². The smallest absolute Gasteiger partial charge is 0.253 e. The SMILES string of the molecule is CC(C)NCCCn1nc(C2CCC2)c2c3c(c(=O)[nH]c21)CCCC3. The van der Waals surface area contributed by atoms with E-state index >= 15 is 0 Å². The molecule has 2 aliphatic rings. The van der Waals surface area contributed by atoms with E-state index in [1.807, 2.05) is 0 Å². The van der Waals surface area contributed by atoms with Gasteiger partial charge in [-0.05, 0) is 57.1 Å². The van der Waals surface area contributed by atoms with Crippen molar-refractivity contribution in [2.24, 2.45) is 0 Å². The molecule has 136 valence electrons. The number of H-pyrrole nitrogens is 1. The molecule has 0 unspecified atom stereocenters. The average Bonchev–Trinajstić information content (AvgIpc) is 2.88. The molecule has 0 spiro atoms. The largest absolute Gasteiger partial charge is 0.314 e. The lowest BCUT2D eigenvalue weighted by molar-refractivity contribution is 0.406. The molecule has 0 radical (unpaired) electrons. The standard InChI is InChI=1S/C20H30N4O/c1-13(2)21-11-6-12-24-19-17(18(23-24)14-7-5-8-14)15-9-3-4-10-16(15)20(25)22-19/h13-14,21H,3-12H2,1-2H3,(H,22,25). The number of aryl methyl sites for hydroxylation is 2. The number of hydrogen-bond donors (Lipinski definition) is 2. The summed E-state index contributed by atoms with van der Waals surface area (Å²) in [6, 6.07) is 0.506. The van der Waals surface area contributed by atoms with E-state index in [0.29, 0.717) is 12.0 Å². The molecular weight excluding hydrogens is 312 g/mol. The van der Waals surface area contributed by atoms with Crippen LogP contribution in [0, 0.1) is 0 Å². The van der Waals surface area contributed by atoms with Gasteiger partial charge in [0, 0.05) is 29.5 Å². The number of nitrogens with zero attached hydrogens (tertiary/aromatic N) is 2. The fourth-order valence-corrected chi connectivity index (χ4v) is 4.27. The van der Waals surface area contributed by atoms with Gasteiger partial charge in [-0.3, -0.25) is 4.79 Å². The summed E-state index contributed by atoms with van der Waals surface area (Å²) < 4.78 is 2.07. The zero-order valence-electron chi connectivity index (χ0n) is 15.5. The van der Waals surface area contributed by atoms with Crippen molar-refractivity contribution < 1.29 is 0 Å². The second kappa shape index (κ2) is 6.94. The van der Waals surface area contributed by atoms with Crippen molar-refractivity contribution >= 4 is 11.0 Å². The predicted molar refractivity (Wildman–Crippen MR) is 101 cm³/mol. The maximum atomic E-state index is 12.6. The molecule has 0 aromatic carbocycles. The van der Waals surface area contributed by atoms with Gasteiger partial charge < -0.3 is 10.3 Å². The predicted octanol–water partition coefficient (Wildman–Crippen LogP) is 3.26. The Morgan fingerprint density at radius 3 is 2.64 bits per heavy atom. The van der Waals surface area contributed by atoms with E-state index < -0.39 is 0 Å². The molecule has 5 heteroatoms. The van der Waals surface area contributed by atoms with Crippen molar-refractivity contribution in [3.8, 4) is 0 Å². The summed E-state index contributed by atoms with van der Waals surface area (Å²) >= 11 is 0. The van der Waals surface area contributed by atoms with Gasteiger partial charge in [0.2, 0.25) is 0 Å². The Morgan fingerprint density at radius 2 is 1.96 bits per heavy atom. The van der Waals surface area contributed by atoms with Crippen LogP contribution in [0.25, 0.3) is 11.0 Å². The number of aromatic amines is 1. The Balaban J connectivity index is 1.73. The lowest BCUT2D eigenvalue weighted by Gasteiger charge is -2.25. The highest BCUT2D eigenvalue weighted by atomic mass is 16.1. The third-order valence-corrected chi connectivity index (χ3v) is 5.85. The summed E-state index contributed by atoms with van der Waals surface area (Å²) in [5, 5.41) is 9.75. The fraction of sp³-hybridized carbons (Fsp3) is 0.700. The van der Waals surface area contributed by atoms with Crippen LogP contribution in [0.5, 0.6) is 0 Å². The molecule has 0 bridgehead atoms. The average molecular weight is 342 g/mol. The summed E-state index contributed by atoms with van der Waals surface area (Å²) in [5.41, 5.74) is 4.67. The molecular formula is C20H30N4O. The van der Waals surface area contributed by atoms with Crippen molar-refractivity contribution in [1.29, 1.82) is 0 Å². The van der Waals surface area contributed by atoms with Crippen molar-refractivity contribution in [2.75, 3.05) is 6.54 Å². The Kier molecular flexibility index (Phi) is 4.67. The molecule has 2 aliphatic carbocycles. The highest BCUT2D eigenvalue weighted by Gasteiger charge is 2.29. The van der Waals surface area contributed by atoms with Gasteiger partial charge in [0.05, 0.1) is 5.69 Å². The van der Waals surface area contributed by atoms with Crippen LogP contribution in [-0.4, -0.2) is 27.4 Å². The zero-order chi connectivity index (χ0) is 17.4. The maximum absolute atomic E-state index is 12.6.